The van der Waals surface area contributed by atoms with Gasteiger partial charge in [0.25, 0.3) is 0 Å². The second-order valence-corrected chi connectivity index (χ2v) is 7.06. The van der Waals surface area contributed by atoms with E-state index < -0.39 is 0 Å². The van der Waals surface area contributed by atoms with Crippen molar-refractivity contribution < 1.29 is 50.7 Å². The van der Waals surface area contributed by atoms with E-state index in [0.29, 0.717) is 0 Å². The normalized spacial score (nSPS) is 9.83. The third-order valence-corrected chi connectivity index (χ3v) is 5.41. The van der Waals surface area contributed by atoms with E-state index in [0.717, 1.165) is 0 Å². The molecule has 4 aromatic rings. The Kier molecular flexibility index (Phi) is 10.7. The number of hydrogen-bond acceptors (Lipinski definition) is 1. The fourth-order valence-corrected chi connectivity index (χ4v) is 3.69. The molecule has 5 heteroatoms. The van der Waals surface area contributed by atoms with Crippen molar-refractivity contribution in [2.24, 2.45) is 0 Å². The van der Waals surface area contributed by atoms with Crippen molar-refractivity contribution in [2.75, 3.05) is 0 Å². The third-order valence-electron chi connectivity index (χ3n) is 3.72. The van der Waals surface area contributed by atoms with Crippen LogP contribution >= 0.6 is 7.53 Å². The fourth-order valence-electron chi connectivity index (χ4n) is 2.29. The van der Waals surface area contributed by atoms with Crippen LogP contribution in [-0.2, 0) is 25.8 Å². The largest absolute Gasteiger partial charge is 4.00 e. The number of halogens is 2. The van der Waals surface area contributed by atoms with E-state index in [-0.39, 0.29) is 58.2 Å². The smallest absolute Gasteiger partial charge is 1.00 e. The van der Waals surface area contributed by atoms with Gasteiger partial charge in [-0.15, -0.1) is 35.0 Å². The summed E-state index contributed by atoms with van der Waals surface area (Å²) in [5, 5.41) is 4.07. The number of aromatic nitrogens is 1. The Morgan fingerprint density at radius 3 is 2.33 bits per heavy atom. The summed E-state index contributed by atoms with van der Waals surface area (Å²) in [6.07, 6.45) is 1.89. The summed E-state index contributed by atoms with van der Waals surface area (Å²) in [6.45, 7) is 4.24. The van der Waals surface area contributed by atoms with Crippen LogP contribution in [0.5, 0.6) is 0 Å². The van der Waals surface area contributed by atoms with Gasteiger partial charge in [-0.25, -0.2) is 12.1 Å². The van der Waals surface area contributed by atoms with Crippen LogP contribution < -0.4 is 24.8 Å². The monoisotopic (exact) mass is 541 g/mol. The minimum atomic E-state index is -0.259. The second-order valence-electron chi connectivity index (χ2n) is 5.20. The molecular formula is C19H18Cl2HfNP. The number of hydrogen-bond donors (Lipinski definition) is 0. The van der Waals surface area contributed by atoms with Gasteiger partial charge >= 0.3 is 25.8 Å². The Labute approximate surface area is 175 Å². The van der Waals surface area contributed by atoms with Gasteiger partial charge in [0.2, 0.25) is 0 Å². The SMILES string of the molecule is Cc1ccc[c-]1C.[Cl-].[Cl-].[Hf+4].c1ccc2[cH-]c(-p3ccnc3)cc2c1. The van der Waals surface area contributed by atoms with Gasteiger partial charge in [0.15, 0.2) is 0 Å². The molecule has 3 aromatic carbocycles. The Morgan fingerprint density at radius 2 is 1.83 bits per heavy atom. The van der Waals surface area contributed by atoms with Gasteiger partial charge < -0.3 is 24.8 Å². The molecule has 1 atom stereocenters. The quantitative estimate of drug-likeness (QED) is 0.244. The van der Waals surface area contributed by atoms with Gasteiger partial charge in [-0.1, -0.05) is 32.8 Å². The van der Waals surface area contributed by atoms with Crippen molar-refractivity contribution in [3.05, 3.63) is 83.6 Å². The Bertz CT molecular complexity index is 784. The molecule has 1 unspecified atom stereocenters. The number of aryl methyl sites for hydroxylation is 2. The first kappa shape index (κ1) is 23.3. The predicted molar refractivity (Wildman–Crippen MR) is 92.9 cm³/mol. The van der Waals surface area contributed by atoms with Crippen LogP contribution in [0, 0.1) is 13.8 Å². The van der Waals surface area contributed by atoms with Crippen LogP contribution in [0.1, 0.15) is 11.1 Å². The maximum atomic E-state index is 4.13. The molecule has 0 spiro atoms. The average molecular weight is 541 g/mol. The molecule has 0 amide bonds. The van der Waals surface area contributed by atoms with Crippen LogP contribution in [0.3, 0.4) is 0 Å². The number of benzene rings is 1. The standard InChI is InChI=1S/C12H9NP.C7H9.2ClH.Hf/c1-2-4-11-8-12(7-10(11)3-1)14-6-5-13-9-14;1-6-4-3-5-7(6)2;;;/h1-9H;3-5H,1-2H3;2*1H;/q2*-1;;;+4/p-2. The molecule has 0 aliphatic carbocycles. The van der Waals surface area contributed by atoms with E-state index in [1.165, 1.54) is 27.2 Å². The first-order valence-corrected chi connectivity index (χ1v) is 8.55. The Morgan fingerprint density at radius 1 is 1.08 bits per heavy atom. The summed E-state index contributed by atoms with van der Waals surface area (Å²) in [5.74, 6) is 4.23. The number of nitrogens with zero attached hydrogens (tertiary/aromatic N) is 1. The van der Waals surface area contributed by atoms with E-state index in [1.54, 1.807) is 0 Å². The van der Waals surface area contributed by atoms with Crippen molar-refractivity contribution in [2.45, 2.75) is 13.8 Å². The molecule has 0 saturated carbocycles. The summed E-state index contributed by atoms with van der Waals surface area (Å²) in [6, 6.07) is 19.3. The molecule has 1 aromatic heterocycles. The molecule has 4 rings (SSSR count). The Balaban J connectivity index is 0.000000463. The van der Waals surface area contributed by atoms with Crippen molar-refractivity contribution in [3.8, 4) is 5.30 Å². The summed E-state index contributed by atoms with van der Waals surface area (Å²) in [5.41, 5.74) is 2.78. The molecular weight excluding hydrogens is 523 g/mol. The van der Waals surface area contributed by atoms with E-state index in [2.05, 4.69) is 79.2 Å². The van der Waals surface area contributed by atoms with Gasteiger partial charge in [0, 0.05) is 12.1 Å². The summed E-state index contributed by atoms with van der Waals surface area (Å²) in [7, 11) is -0.259. The molecule has 0 bridgehead atoms. The van der Waals surface area contributed by atoms with Gasteiger partial charge in [-0.3, -0.25) is 4.98 Å². The zero-order valence-corrected chi connectivity index (χ0v) is 19.6. The fraction of sp³-hybridized carbons (Fsp3) is 0.105. The minimum absolute atomic E-state index is 0. The first-order valence-electron chi connectivity index (χ1n) is 7.07. The summed E-state index contributed by atoms with van der Waals surface area (Å²) < 4.78 is 0. The predicted octanol–water partition coefficient (Wildman–Crippen LogP) is -0.0427. The third kappa shape index (κ3) is 5.70. The van der Waals surface area contributed by atoms with E-state index >= 15 is 0 Å². The topological polar surface area (TPSA) is 12.9 Å². The van der Waals surface area contributed by atoms with Gasteiger partial charge in [-0.2, -0.15) is 23.3 Å². The van der Waals surface area contributed by atoms with E-state index in [9.17, 15) is 0 Å². The second kappa shape index (κ2) is 11.1. The van der Waals surface area contributed by atoms with Crippen LogP contribution in [0.4, 0.5) is 0 Å². The minimum Gasteiger partial charge on any atom is -1.00 e. The van der Waals surface area contributed by atoms with Crippen molar-refractivity contribution >= 4 is 18.3 Å². The van der Waals surface area contributed by atoms with Crippen LogP contribution in [0.2, 0.25) is 0 Å². The molecule has 0 aliphatic rings. The first-order chi connectivity index (χ1) is 10.2. The summed E-state index contributed by atoms with van der Waals surface area (Å²) >= 11 is 0. The van der Waals surface area contributed by atoms with Gasteiger partial charge in [0.1, 0.15) is 0 Å². The molecule has 0 radical (unpaired) electrons. The van der Waals surface area contributed by atoms with Crippen LogP contribution in [0.15, 0.2) is 72.5 Å². The van der Waals surface area contributed by atoms with Crippen molar-refractivity contribution in [1.82, 2.24) is 4.98 Å². The molecule has 122 valence electrons. The number of fused-ring (bicyclic) bond motifs is 1. The van der Waals surface area contributed by atoms with Gasteiger partial charge in [0.05, 0.1) is 0 Å². The molecule has 1 heterocycles. The van der Waals surface area contributed by atoms with Crippen LogP contribution in [0.25, 0.3) is 16.1 Å². The average Bonchev–Trinajstić information content (AvgIpc) is 3.21. The maximum absolute atomic E-state index is 4.13. The summed E-state index contributed by atoms with van der Waals surface area (Å²) in [4.78, 5) is 4.13. The van der Waals surface area contributed by atoms with Crippen LogP contribution in [-0.4, -0.2) is 4.98 Å². The molecule has 0 saturated heterocycles. The maximum Gasteiger partial charge on any atom is 4.00 e. The zero-order chi connectivity index (χ0) is 14.7. The van der Waals surface area contributed by atoms with Crippen molar-refractivity contribution in [3.63, 3.8) is 0 Å². The molecule has 0 fully saturated rings. The van der Waals surface area contributed by atoms with E-state index in [4.69, 9.17) is 0 Å². The zero-order valence-electron chi connectivity index (χ0n) is 13.6. The van der Waals surface area contributed by atoms with Gasteiger partial charge in [-0.05, 0) is 5.80 Å². The molecule has 0 N–H and O–H groups in total. The molecule has 1 nitrogen and oxygen atoms in total. The molecule has 0 aliphatic heterocycles. The van der Waals surface area contributed by atoms with E-state index in [1.807, 2.05) is 12.1 Å². The number of rotatable bonds is 1. The Hall–Kier alpha value is -0.660. The van der Waals surface area contributed by atoms with Crippen molar-refractivity contribution in [1.29, 1.82) is 0 Å². The molecule has 24 heavy (non-hydrogen) atoms.